The van der Waals surface area contributed by atoms with Crippen molar-refractivity contribution in [2.45, 2.75) is 6.54 Å². The Morgan fingerprint density at radius 1 is 1.05 bits per heavy atom. The smallest absolute Gasteiger partial charge is 0.420 e. The van der Waals surface area contributed by atoms with E-state index in [1.165, 1.54) is 0 Å². The number of hydrogen-bond donors (Lipinski definition) is 2. The van der Waals surface area contributed by atoms with Crippen LogP contribution in [-0.2, 0) is 6.54 Å². The molecule has 22 heavy (non-hydrogen) atoms. The summed E-state index contributed by atoms with van der Waals surface area (Å²) in [6.07, 6.45) is 3.29. The van der Waals surface area contributed by atoms with Gasteiger partial charge >= 0.3 is 6.03 Å². The summed E-state index contributed by atoms with van der Waals surface area (Å²) in [6, 6.07) is 15.9. The number of carbonyl (C=O) groups is 1. The second-order valence-corrected chi connectivity index (χ2v) is 4.89. The molecule has 0 bridgehead atoms. The van der Waals surface area contributed by atoms with Crippen molar-refractivity contribution in [1.82, 2.24) is 10.3 Å². The first-order chi connectivity index (χ1) is 10.8. The van der Waals surface area contributed by atoms with Crippen LogP contribution in [0.4, 0.5) is 10.5 Å². The van der Waals surface area contributed by atoms with E-state index in [0.29, 0.717) is 12.2 Å². The van der Waals surface area contributed by atoms with Crippen molar-refractivity contribution in [2.24, 2.45) is 0 Å². The molecule has 1 atom stereocenters. The summed E-state index contributed by atoms with van der Waals surface area (Å²) in [7, 11) is 0. The number of pyridine rings is 1. The first-order valence-electron chi connectivity index (χ1n) is 6.95. The summed E-state index contributed by atoms with van der Waals surface area (Å²) in [5.74, 6) is 0. The van der Waals surface area contributed by atoms with E-state index < -0.39 is 11.1 Å². The number of quaternary nitrogens is 1. The number of amides is 2. The fraction of sp³-hybridized carbons (Fsp3) is 0.0588. The van der Waals surface area contributed by atoms with Gasteiger partial charge in [-0.2, -0.15) is 0 Å². The van der Waals surface area contributed by atoms with Crippen molar-refractivity contribution in [3.05, 3.63) is 77.8 Å². The Bertz CT molecular complexity index is 785. The third-order valence-electron chi connectivity index (χ3n) is 3.44. The molecular weight excluding hydrogens is 278 g/mol. The molecule has 0 aliphatic heterocycles. The highest BCUT2D eigenvalue weighted by Gasteiger charge is 2.15. The van der Waals surface area contributed by atoms with Crippen LogP contribution >= 0.6 is 0 Å². The molecule has 0 saturated carbocycles. The molecule has 1 aromatic heterocycles. The molecule has 5 nitrogen and oxygen atoms in total. The van der Waals surface area contributed by atoms with E-state index in [4.69, 9.17) is 0 Å². The molecule has 0 saturated heterocycles. The number of rotatable bonds is 3. The van der Waals surface area contributed by atoms with Crippen LogP contribution in [0.5, 0.6) is 0 Å². The zero-order chi connectivity index (χ0) is 15.4. The fourth-order valence-corrected chi connectivity index (χ4v) is 2.31. The molecule has 1 heterocycles. The summed E-state index contributed by atoms with van der Waals surface area (Å²) >= 11 is 0. The number of nitrogens with one attached hydrogen (secondary N) is 2. The molecular formula is C17H15N3O2. The van der Waals surface area contributed by atoms with E-state index in [9.17, 15) is 10.0 Å². The highest BCUT2D eigenvalue weighted by atomic mass is 16.5. The lowest BCUT2D eigenvalue weighted by Gasteiger charge is -2.20. The molecule has 110 valence electrons. The Hall–Kier alpha value is -2.76. The number of benzene rings is 2. The maximum Gasteiger partial charge on any atom is 0.420 e. The van der Waals surface area contributed by atoms with Gasteiger partial charge in [0.2, 0.25) is 0 Å². The molecule has 0 aliphatic rings. The quantitative estimate of drug-likeness (QED) is 0.727. The molecule has 3 rings (SSSR count). The zero-order valence-corrected chi connectivity index (χ0v) is 11.8. The third kappa shape index (κ3) is 2.95. The number of nitrogens with zero attached hydrogens (tertiary/aromatic N) is 1. The molecule has 0 radical (unpaired) electrons. The second kappa shape index (κ2) is 6.34. The van der Waals surface area contributed by atoms with Crippen LogP contribution in [0.15, 0.2) is 67.0 Å². The van der Waals surface area contributed by atoms with Gasteiger partial charge in [0.15, 0.2) is 0 Å². The maximum atomic E-state index is 12.4. The Balaban J connectivity index is 1.77. The van der Waals surface area contributed by atoms with E-state index in [1.54, 1.807) is 36.7 Å². The zero-order valence-electron chi connectivity index (χ0n) is 11.8. The highest BCUT2D eigenvalue weighted by Crippen LogP contribution is 2.19. The fourth-order valence-electron chi connectivity index (χ4n) is 2.31. The first kappa shape index (κ1) is 14.2. The van der Waals surface area contributed by atoms with Gasteiger partial charge in [-0.25, -0.2) is 4.79 Å². The minimum Gasteiger partial charge on any atom is -0.620 e. The van der Waals surface area contributed by atoms with Crippen molar-refractivity contribution in [3.63, 3.8) is 0 Å². The number of fused-ring (bicyclic) bond motifs is 1. The molecule has 5 heteroatoms. The average Bonchev–Trinajstić information content (AvgIpc) is 2.59. The summed E-state index contributed by atoms with van der Waals surface area (Å²) in [6.45, 7) is 0.303. The van der Waals surface area contributed by atoms with Gasteiger partial charge in [0.1, 0.15) is 5.69 Å². The van der Waals surface area contributed by atoms with Crippen molar-refractivity contribution < 1.29 is 9.86 Å². The van der Waals surface area contributed by atoms with Gasteiger partial charge in [-0.15, -0.1) is 0 Å². The van der Waals surface area contributed by atoms with Gasteiger partial charge in [0, 0.05) is 30.4 Å². The Morgan fingerprint density at radius 3 is 2.59 bits per heavy atom. The van der Waals surface area contributed by atoms with Crippen LogP contribution in [-0.4, -0.2) is 11.0 Å². The number of aromatic nitrogens is 1. The van der Waals surface area contributed by atoms with Gasteiger partial charge in [0.25, 0.3) is 0 Å². The summed E-state index contributed by atoms with van der Waals surface area (Å²) in [5.41, 5.74) is 1.32. The van der Waals surface area contributed by atoms with Gasteiger partial charge in [0.05, 0.1) is 0 Å². The molecule has 3 aromatic rings. The molecule has 2 aromatic carbocycles. The summed E-state index contributed by atoms with van der Waals surface area (Å²) in [4.78, 5) is 16.0. The minimum absolute atomic E-state index is 0.303. The number of hydrogen-bond acceptors (Lipinski definition) is 3. The number of carbonyl (C=O) groups excluding carboxylic acids is 1. The van der Waals surface area contributed by atoms with E-state index >= 15 is 0 Å². The van der Waals surface area contributed by atoms with Crippen LogP contribution in [0.1, 0.15) is 5.56 Å². The summed E-state index contributed by atoms with van der Waals surface area (Å²) < 4.78 is 0. The van der Waals surface area contributed by atoms with E-state index in [-0.39, 0.29) is 0 Å². The van der Waals surface area contributed by atoms with E-state index in [2.05, 4.69) is 10.3 Å². The maximum absolute atomic E-state index is 12.4. The average molecular weight is 293 g/mol. The van der Waals surface area contributed by atoms with Crippen molar-refractivity contribution >= 4 is 22.5 Å². The lowest BCUT2D eigenvalue weighted by Crippen LogP contribution is -3.06. The van der Waals surface area contributed by atoms with Gasteiger partial charge in [-0.3, -0.25) is 10.0 Å². The Labute approximate surface area is 127 Å². The van der Waals surface area contributed by atoms with Crippen molar-refractivity contribution in [3.8, 4) is 0 Å². The first-order valence-corrected chi connectivity index (χ1v) is 6.95. The largest absolute Gasteiger partial charge is 0.620 e. The number of hydroxylamine groups is 1. The lowest BCUT2D eigenvalue weighted by atomic mass is 10.1. The second-order valence-electron chi connectivity index (χ2n) is 4.89. The summed E-state index contributed by atoms with van der Waals surface area (Å²) in [5, 5.41) is 16.2. The SMILES string of the molecule is O=C(NCc1ccncc1)[NH+]([O-])c1cccc2ccccc12. The molecule has 0 aliphatic carbocycles. The van der Waals surface area contributed by atoms with E-state index in [0.717, 1.165) is 16.3 Å². The van der Waals surface area contributed by atoms with Crippen LogP contribution in [0, 0.1) is 5.21 Å². The Kier molecular flexibility index (Phi) is 4.09. The highest BCUT2D eigenvalue weighted by molar-refractivity contribution is 5.91. The normalized spacial score (nSPS) is 12.0. The van der Waals surface area contributed by atoms with Gasteiger partial charge in [-0.05, 0) is 29.1 Å². The third-order valence-corrected chi connectivity index (χ3v) is 3.44. The molecule has 0 spiro atoms. The molecule has 0 fully saturated rings. The molecule has 1 unspecified atom stereocenters. The van der Waals surface area contributed by atoms with Crippen molar-refractivity contribution in [2.75, 3.05) is 0 Å². The molecule has 2 N–H and O–H groups in total. The van der Waals surface area contributed by atoms with Gasteiger partial charge in [-0.1, -0.05) is 30.3 Å². The van der Waals surface area contributed by atoms with Crippen LogP contribution in [0.25, 0.3) is 10.8 Å². The van der Waals surface area contributed by atoms with Crippen LogP contribution in [0.2, 0.25) is 0 Å². The Morgan fingerprint density at radius 2 is 1.77 bits per heavy atom. The monoisotopic (exact) mass is 293 g/mol. The lowest BCUT2D eigenvalue weighted by molar-refractivity contribution is -0.680. The predicted octanol–water partition coefficient (Wildman–Crippen LogP) is 2.16. The van der Waals surface area contributed by atoms with Crippen molar-refractivity contribution in [1.29, 1.82) is 0 Å². The predicted molar refractivity (Wildman–Crippen MR) is 84.4 cm³/mol. The van der Waals surface area contributed by atoms with E-state index in [1.807, 2.05) is 30.3 Å². The van der Waals surface area contributed by atoms with Crippen LogP contribution < -0.4 is 10.4 Å². The number of urea groups is 1. The minimum atomic E-state index is -0.604. The standard InChI is InChI=1S/C17H15N3O2/c21-17(19-12-13-8-10-18-11-9-13)20(22)16-7-3-5-14-4-1-2-6-15(14)16/h1-11,20H,12H2,(H,19,21). The molecule has 2 amide bonds. The van der Waals surface area contributed by atoms with Crippen LogP contribution in [0.3, 0.4) is 0 Å². The van der Waals surface area contributed by atoms with Gasteiger partial charge < -0.3 is 10.5 Å². The topological polar surface area (TPSA) is 69.5 Å².